The summed E-state index contributed by atoms with van der Waals surface area (Å²) in [4.78, 5) is 21.9. The Morgan fingerprint density at radius 1 is 1.38 bits per heavy atom. The smallest absolute Gasteiger partial charge is 0.150 e. The Bertz CT molecular complexity index is 334. The quantitative estimate of drug-likeness (QED) is 0.590. The summed E-state index contributed by atoms with van der Waals surface area (Å²) in [6.45, 7) is 1.75. The molecule has 1 aromatic rings. The van der Waals surface area contributed by atoms with Crippen LogP contribution in [0.1, 0.15) is 28.8 Å². The monoisotopic (exact) mass is 194 g/mol. The first-order valence-corrected chi connectivity index (χ1v) is 4.37. The number of carbonyl (C=O) groups excluding carboxylic acids is 2. The van der Waals surface area contributed by atoms with Crippen molar-refractivity contribution in [1.82, 2.24) is 0 Å². The SMILES string of the molecule is CC(C=O)c1c(S)cccc1C=O. The van der Waals surface area contributed by atoms with E-state index in [-0.39, 0.29) is 5.92 Å². The standard InChI is InChI=1S/C10H10O2S/c1-7(5-11)10-8(6-12)3-2-4-9(10)13/h2-7,13H,1H3. The van der Waals surface area contributed by atoms with E-state index in [0.717, 1.165) is 12.6 Å². The van der Waals surface area contributed by atoms with E-state index in [1.807, 2.05) is 0 Å². The van der Waals surface area contributed by atoms with Gasteiger partial charge >= 0.3 is 0 Å². The fourth-order valence-corrected chi connectivity index (χ4v) is 1.66. The summed E-state index contributed by atoms with van der Waals surface area (Å²) >= 11 is 4.20. The highest BCUT2D eigenvalue weighted by Gasteiger charge is 2.11. The maximum absolute atomic E-state index is 10.7. The van der Waals surface area contributed by atoms with Crippen molar-refractivity contribution < 1.29 is 9.59 Å². The van der Waals surface area contributed by atoms with Crippen molar-refractivity contribution in [2.24, 2.45) is 0 Å². The number of carbonyl (C=O) groups is 2. The molecule has 0 N–H and O–H groups in total. The van der Waals surface area contributed by atoms with Gasteiger partial charge in [-0.25, -0.2) is 0 Å². The molecule has 0 radical (unpaired) electrons. The number of benzene rings is 1. The number of thiol groups is 1. The summed E-state index contributed by atoms with van der Waals surface area (Å²) in [7, 11) is 0. The van der Waals surface area contributed by atoms with Crippen molar-refractivity contribution in [3.63, 3.8) is 0 Å². The molecule has 0 fully saturated rings. The Hall–Kier alpha value is -1.09. The van der Waals surface area contributed by atoms with Gasteiger partial charge in [-0.15, -0.1) is 12.6 Å². The molecule has 1 atom stereocenters. The van der Waals surface area contributed by atoms with Gasteiger partial charge in [0.1, 0.15) is 12.6 Å². The first-order valence-electron chi connectivity index (χ1n) is 3.93. The maximum atomic E-state index is 10.7. The molecule has 0 aromatic heterocycles. The van der Waals surface area contributed by atoms with Crippen LogP contribution in [0.15, 0.2) is 23.1 Å². The zero-order valence-electron chi connectivity index (χ0n) is 7.23. The van der Waals surface area contributed by atoms with Crippen LogP contribution in [0.3, 0.4) is 0 Å². The van der Waals surface area contributed by atoms with Crippen LogP contribution in [-0.4, -0.2) is 12.6 Å². The minimum atomic E-state index is -0.283. The Balaban J connectivity index is 3.29. The van der Waals surface area contributed by atoms with Gasteiger partial charge in [0.15, 0.2) is 0 Å². The van der Waals surface area contributed by atoms with Crippen molar-refractivity contribution in [2.45, 2.75) is 17.7 Å². The highest BCUT2D eigenvalue weighted by atomic mass is 32.1. The van der Waals surface area contributed by atoms with Crippen LogP contribution >= 0.6 is 12.6 Å². The molecule has 3 heteroatoms. The Kier molecular flexibility index (Phi) is 3.25. The minimum absolute atomic E-state index is 0.283. The second-order valence-electron chi connectivity index (χ2n) is 2.82. The van der Waals surface area contributed by atoms with Crippen LogP contribution < -0.4 is 0 Å². The number of rotatable bonds is 3. The van der Waals surface area contributed by atoms with Crippen molar-refractivity contribution in [1.29, 1.82) is 0 Å². The molecular weight excluding hydrogens is 184 g/mol. The van der Waals surface area contributed by atoms with E-state index < -0.39 is 0 Å². The number of aldehydes is 2. The van der Waals surface area contributed by atoms with E-state index in [9.17, 15) is 9.59 Å². The van der Waals surface area contributed by atoms with Crippen LogP contribution in [0.2, 0.25) is 0 Å². The molecule has 1 aromatic carbocycles. The Morgan fingerprint density at radius 2 is 2.08 bits per heavy atom. The molecule has 1 rings (SSSR count). The third kappa shape index (κ3) is 1.98. The van der Waals surface area contributed by atoms with E-state index in [1.165, 1.54) is 0 Å². The molecule has 0 aliphatic rings. The van der Waals surface area contributed by atoms with Crippen LogP contribution in [0.5, 0.6) is 0 Å². The van der Waals surface area contributed by atoms with Crippen molar-refractivity contribution >= 4 is 25.2 Å². The van der Waals surface area contributed by atoms with Gasteiger partial charge in [-0.05, 0) is 11.6 Å². The second kappa shape index (κ2) is 4.23. The molecule has 0 heterocycles. The van der Waals surface area contributed by atoms with Crippen molar-refractivity contribution in [3.8, 4) is 0 Å². The van der Waals surface area contributed by atoms with Gasteiger partial charge in [-0.1, -0.05) is 19.1 Å². The first kappa shape index (κ1) is 9.99. The lowest BCUT2D eigenvalue weighted by atomic mass is 9.97. The normalized spacial score (nSPS) is 12.2. The molecule has 1 unspecified atom stereocenters. The third-order valence-electron chi connectivity index (χ3n) is 1.90. The van der Waals surface area contributed by atoms with Crippen LogP contribution in [0.25, 0.3) is 0 Å². The summed E-state index contributed by atoms with van der Waals surface area (Å²) in [6, 6.07) is 5.20. The fourth-order valence-electron chi connectivity index (χ4n) is 1.24. The zero-order valence-corrected chi connectivity index (χ0v) is 8.12. The lowest BCUT2D eigenvalue weighted by molar-refractivity contribution is -0.108. The lowest BCUT2D eigenvalue weighted by Crippen LogP contribution is -2.01. The average molecular weight is 194 g/mol. The highest BCUT2D eigenvalue weighted by molar-refractivity contribution is 7.80. The second-order valence-corrected chi connectivity index (χ2v) is 3.30. The molecule has 0 aliphatic heterocycles. The summed E-state index contributed by atoms with van der Waals surface area (Å²) in [5.74, 6) is -0.283. The van der Waals surface area contributed by atoms with Gasteiger partial charge in [-0.2, -0.15) is 0 Å². The van der Waals surface area contributed by atoms with Gasteiger partial charge in [0, 0.05) is 16.4 Å². The largest absolute Gasteiger partial charge is 0.303 e. The van der Waals surface area contributed by atoms with E-state index in [2.05, 4.69) is 12.6 Å². The number of hydrogen-bond donors (Lipinski definition) is 1. The zero-order chi connectivity index (χ0) is 9.84. The molecule has 0 bridgehead atoms. The molecule has 2 nitrogen and oxygen atoms in total. The van der Waals surface area contributed by atoms with E-state index >= 15 is 0 Å². The molecule has 68 valence electrons. The minimum Gasteiger partial charge on any atom is -0.303 e. The summed E-state index contributed by atoms with van der Waals surface area (Å²) in [5.41, 5.74) is 1.24. The lowest BCUT2D eigenvalue weighted by Gasteiger charge is -2.09. The Morgan fingerprint density at radius 3 is 2.62 bits per heavy atom. The van der Waals surface area contributed by atoms with Gasteiger partial charge < -0.3 is 4.79 Å². The highest BCUT2D eigenvalue weighted by Crippen LogP contribution is 2.24. The van der Waals surface area contributed by atoms with Crippen LogP contribution in [0, 0.1) is 0 Å². The molecular formula is C10H10O2S. The Labute approximate surface area is 82.4 Å². The molecule has 13 heavy (non-hydrogen) atoms. The summed E-state index contributed by atoms with van der Waals surface area (Å²) in [6.07, 6.45) is 1.55. The van der Waals surface area contributed by atoms with E-state index in [1.54, 1.807) is 25.1 Å². The van der Waals surface area contributed by atoms with Gasteiger partial charge in [0.2, 0.25) is 0 Å². The molecule has 0 saturated heterocycles. The summed E-state index contributed by atoms with van der Waals surface area (Å²) < 4.78 is 0. The topological polar surface area (TPSA) is 34.1 Å². The molecule has 0 spiro atoms. The van der Waals surface area contributed by atoms with E-state index in [0.29, 0.717) is 16.0 Å². The van der Waals surface area contributed by atoms with Crippen molar-refractivity contribution in [3.05, 3.63) is 29.3 Å². The third-order valence-corrected chi connectivity index (χ3v) is 2.29. The van der Waals surface area contributed by atoms with Crippen molar-refractivity contribution in [2.75, 3.05) is 0 Å². The summed E-state index contributed by atoms with van der Waals surface area (Å²) in [5, 5.41) is 0. The predicted molar refractivity (Wildman–Crippen MR) is 53.6 cm³/mol. The molecule has 0 amide bonds. The molecule has 0 saturated carbocycles. The first-order chi connectivity index (χ1) is 6.20. The molecule has 0 aliphatic carbocycles. The van der Waals surface area contributed by atoms with Gasteiger partial charge in [0.05, 0.1) is 0 Å². The van der Waals surface area contributed by atoms with Crippen LogP contribution in [0.4, 0.5) is 0 Å². The predicted octanol–water partition coefficient (Wildman–Crippen LogP) is 2.09. The van der Waals surface area contributed by atoms with Gasteiger partial charge in [0.25, 0.3) is 0 Å². The average Bonchev–Trinajstić information content (AvgIpc) is 2.16. The van der Waals surface area contributed by atoms with Crippen LogP contribution in [-0.2, 0) is 4.79 Å². The van der Waals surface area contributed by atoms with E-state index in [4.69, 9.17) is 0 Å². The fraction of sp³-hybridized carbons (Fsp3) is 0.200. The maximum Gasteiger partial charge on any atom is 0.150 e. The number of hydrogen-bond acceptors (Lipinski definition) is 3. The van der Waals surface area contributed by atoms with Gasteiger partial charge in [-0.3, -0.25) is 4.79 Å².